The van der Waals surface area contributed by atoms with E-state index in [9.17, 15) is 4.79 Å². The van der Waals surface area contributed by atoms with Gasteiger partial charge >= 0.3 is 0 Å². The molecule has 2 heterocycles. The number of hydrogen-bond acceptors (Lipinski definition) is 4. The molecular formula is C15H24ClNO2S. The number of Topliss-reactive ketones (excluding diaryl/α,β-unsaturated/α-hetero) is 1. The summed E-state index contributed by atoms with van der Waals surface area (Å²) in [5, 5.41) is 3.47. The van der Waals surface area contributed by atoms with Crippen LogP contribution >= 0.6 is 22.9 Å². The maximum Gasteiger partial charge on any atom is 0.139 e. The Hall–Kier alpha value is -0.420. The van der Waals surface area contributed by atoms with E-state index in [4.69, 9.17) is 16.3 Å². The molecule has 1 aromatic heterocycles. The minimum absolute atomic E-state index is 0.0784. The van der Waals surface area contributed by atoms with Crippen molar-refractivity contribution in [1.82, 2.24) is 5.32 Å². The van der Waals surface area contributed by atoms with Crippen molar-refractivity contribution in [2.75, 3.05) is 19.8 Å². The number of thiophene rings is 1. The maximum atomic E-state index is 11.7. The van der Waals surface area contributed by atoms with E-state index in [0.717, 1.165) is 35.3 Å². The first kappa shape index (κ1) is 17.6. The number of nitrogens with one attached hydrogen (secondary N) is 1. The first-order valence-electron chi connectivity index (χ1n) is 7.23. The molecule has 1 aromatic rings. The minimum Gasteiger partial charge on any atom is -0.381 e. The van der Waals surface area contributed by atoms with Crippen LogP contribution in [0.25, 0.3) is 0 Å². The molecule has 1 N–H and O–H groups in total. The van der Waals surface area contributed by atoms with Crippen molar-refractivity contribution in [2.45, 2.75) is 45.6 Å². The molecule has 1 saturated heterocycles. The van der Waals surface area contributed by atoms with Crippen LogP contribution in [-0.4, -0.2) is 31.6 Å². The van der Waals surface area contributed by atoms with Gasteiger partial charge in [-0.15, -0.1) is 11.3 Å². The van der Waals surface area contributed by atoms with Crippen molar-refractivity contribution in [3.05, 3.63) is 21.3 Å². The quantitative estimate of drug-likeness (QED) is 0.896. The lowest BCUT2D eigenvalue weighted by atomic mass is 10.0. The minimum atomic E-state index is -0.0784. The molecule has 0 amide bonds. The second-order valence-corrected chi connectivity index (χ2v) is 6.35. The van der Waals surface area contributed by atoms with Gasteiger partial charge in [0.15, 0.2) is 0 Å². The Morgan fingerprint density at radius 3 is 2.60 bits per heavy atom. The van der Waals surface area contributed by atoms with Crippen molar-refractivity contribution < 1.29 is 9.53 Å². The zero-order valence-electron chi connectivity index (χ0n) is 12.4. The van der Waals surface area contributed by atoms with Crippen LogP contribution in [0.1, 0.15) is 44.4 Å². The summed E-state index contributed by atoms with van der Waals surface area (Å²) in [4.78, 5) is 12.8. The zero-order chi connectivity index (χ0) is 15.0. The van der Waals surface area contributed by atoms with E-state index in [-0.39, 0.29) is 11.7 Å². The van der Waals surface area contributed by atoms with Gasteiger partial charge in [-0.25, -0.2) is 0 Å². The topological polar surface area (TPSA) is 38.3 Å². The standard InChI is InChI=1S/C13H18ClNO2S.C2H6/c1-9(16)11(12-2-3-13(14)18-12)8-15-10-4-6-17-7-5-10;1-2/h2-3,10-11,15H,4-8H2,1H3;1-2H3. The molecule has 0 spiro atoms. The van der Waals surface area contributed by atoms with Gasteiger partial charge < -0.3 is 10.1 Å². The predicted molar refractivity (Wildman–Crippen MR) is 85.9 cm³/mol. The van der Waals surface area contributed by atoms with Gasteiger partial charge in [0.05, 0.1) is 10.3 Å². The van der Waals surface area contributed by atoms with Gasteiger partial charge in [0.25, 0.3) is 0 Å². The van der Waals surface area contributed by atoms with Crippen molar-refractivity contribution in [3.63, 3.8) is 0 Å². The molecule has 5 heteroatoms. The molecule has 114 valence electrons. The summed E-state index contributed by atoms with van der Waals surface area (Å²) < 4.78 is 6.06. The fraction of sp³-hybridized carbons (Fsp3) is 0.667. The Morgan fingerprint density at radius 1 is 1.45 bits per heavy atom. The normalized spacial score (nSPS) is 17.2. The van der Waals surface area contributed by atoms with E-state index < -0.39 is 0 Å². The number of hydrogen-bond donors (Lipinski definition) is 1. The summed E-state index contributed by atoms with van der Waals surface area (Å²) in [5.74, 6) is 0.110. The first-order chi connectivity index (χ1) is 9.66. The van der Waals surface area contributed by atoms with Crippen LogP contribution in [0.15, 0.2) is 12.1 Å². The molecule has 20 heavy (non-hydrogen) atoms. The van der Waals surface area contributed by atoms with Gasteiger partial charge in [0, 0.05) is 30.7 Å². The van der Waals surface area contributed by atoms with Crippen LogP contribution in [0, 0.1) is 0 Å². The number of halogens is 1. The van der Waals surface area contributed by atoms with E-state index in [1.807, 2.05) is 26.0 Å². The molecule has 0 bridgehead atoms. The largest absolute Gasteiger partial charge is 0.381 e. The average Bonchev–Trinajstić information content (AvgIpc) is 2.88. The fourth-order valence-corrected chi connectivity index (χ4v) is 3.37. The third-order valence-corrected chi connectivity index (χ3v) is 4.60. The third kappa shape index (κ3) is 5.52. The molecule has 1 aliphatic rings. The summed E-state index contributed by atoms with van der Waals surface area (Å²) in [6.45, 7) is 7.96. The Morgan fingerprint density at radius 2 is 2.10 bits per heavy atom. The Bertz CT molecular complexity index is 402. The fourth-order valence-electron chi connectivity index (χ4n) is 2.15. The lowest BCUT2D eigenvalue weighted by Gasteiger charge is -2.25. The number of rotatable bonds is 5. The van der Waals surface area contributed by atoms with E-state index in [1.54, 1.807) is 6.92 Å². The van der Waals surface area contributed by atoms with E-state index in [0.29, 0.717) is 12.6 Å². The molecule has 0 aromatic carbocycles. The van der Waals surface area contributed by atoms with Gasteiger partial charge in [0.2, 0.25) is 0 Å². The molecule has 1 fully saturated rings. The van der Waals surface area contributed by atoms with Crippen molar-refractivity contribution in [3.8, 4) is 0 Å². The summed E-state index contributed by atoms with van der Waals surface area (Å²) in [7, 11) is 0. The predicted octanol–water partition coefficient (Wildman–Crippen LogP) is 3.87. The molecule has 0 saturated carbocycles. The Kier molecular flexibility index (Phi) is 8.38. The van der Waals surface area contributed by atoms with Crippen LogP contribution in [-0.2, 0) is 9.53 Å². The highest BCUT2D eigenvalue weighted by molar-refractivity contribution is 7.16. The lowest BCUT2D eigenvalue weighted by Crippen LogP contribution is -2.38. The van der Waals surface area contributed by atoms with Gasteiger partial charge in [-0.1, -0.05) is 25.4 Å². The Labute approximate surface area is 130 Å². The van der Waals surface area contributed by atoms with Gasteiger partial charge in [-0.2, -0.15) is 0 Å². The van der Waals surface area contributed by atoms with Crippen LogP contribution in [0.5, 0.6) is 0 Å². The van der Waals surface area contributed by atoms with Crippen LogP contribution in [0.2, 0.25) is 4.34 Å². The number of ether oxygens (including phenoxy) is 1. The second-order valence-electron chi connectivity index (χ2n) is 4.60. The van der Waals surface area contributed by atoms with Crippen molar-refractivity contribution >= 4 is 28.7 Å². The van der Waals surface area contributed by atoms with Gasteiger partial charge in [-0.05, 0) is 31.9 Å². The maximum absolute atomic E-state index is 11.7. The second kappa shape index (κ2) is 9.50. The van der Waals surface area contributed by atoms with Crippen LogP contribution in [0.4, 0.5) is 0 Å². The molecular weight excluding hydrogens is 294 g/mol. The van der Waals surface area contributed by atoms with Gasteiger partial charge in [0.1, 0.15) is 5.78 Å². The molecule has 0 radical (unpaired) electrons. The highest BCUT2D eigenvalue weighted by Gasteiger charge is 2.21. The molecule has 2 rings (SSSR count). The molecule has 1 atom stereocenters. The number of carbonyl (C=O) groups is 1. The highest BCUT2D eigenvalue weighted by atomic mass is 35.5. The lowest BCUT2D eigenvalue weighted by molar-refractivity contribution is -0.118. The molecule has 0 aliphatic carbocycles. The summed E-state index contributed by atoms with van der Waals surface area (Å²) in [6, 6.07) is 4.27. The highest BCUT2D eigenvalue weighted by Crippen LogP contribution is 2.28. The van der Waals surface area contributed by atoms with Crippen LogP contribution in [0.3, 0.4) is 0 Å². The van der Waals surface area contributed by atoms with Crippen LogP contribution < -0.4 is 5.32 Å². The van der Waals surface area contributed by atoms with Crippen molar-refractivity contribution in [2.24, 2.45) is 0 Å². The molecule has 3 nitrogen and oxygen atoms in total. The monoisotopic (exact) mass is 317 g/mol. The summed E-state index contributed by atoms with van der Waals surface area (Å²) in [6.07, 6.45) is 2.05. The van der Waals surface area contributed by atoms with E-state index in [2.05, 4.69) is 5.32 Å². The Balaban J connectivity index is 0.000000956. The average molecular weight is 318 g/mol. The summed E-state index contributed by atoms with van der Waals surface area (Å²) >= 11 is 7.42. The zero-order valence-corrected chi connectivity index (χ0v) is 14.0. The van der Waals surface area contributed by atoms with E-state index in [1.165, 1.54) is 11.3 Å². The van der Waals surface area contributed by atoms with E-state index >= 15 is 0 Å². The number of ketones is 1. The summed E-state index contributed by atoms with van der Waals surface area (Å²) in [5.41, 5.74) is 0. The SMILES string of the molecule is CC.CC(=O)C(CNC1CCOCC1)c1ccc(Cl)s1. The molecule has 1 aliphatic heterocycles. The molecule has 1 unspecified atom stereocenters. The van der Waals surface area contributed by atoms with Gasteiger partial charge in [-0.3, -0.25) is 4.79 Å². The van der Waals surface area contributed by atoms with Crippen molar-refractivity contribution in [1.29, 1.82) is 0 Å². The third-order valence-electron chi connectivity index (χ3n) is 3.26. The number of carbonyl (C=O) groups excluding carboxylic acids is 1. The first-order valence-corrected chi connectivity index (χ1v) is 8.43. The smallest absolute Gasteiger partial charge is 0.139 e.